The Morgan fingerprint density at radius 1 is 1.06 bits per heavy atom. The van der Waals surface area contributed by atoms with Gasteiger partial charge < -0.3 is 21.1 Å². The molecule has 7 nitrogen and oxygen atoms in total. The van der Waals surface area contributed by atoms with Gasteiger partial charge in [0, 0.05) is 28.4 Å². The summed E-state index contributed by atoms with van der Waals surface area (Å²) in [7, 11) is 0. The molecule has 0 aliphatic heterocycles. The number of fused-ring (bicyclic) bond motifs is 1. The summed E-state index contributed by atoms with van der Waals surface area (Å²) in [4.78, 5) is 28.9. The van der Waals surface area contributed by atoms with Crippen LogP contribution >= 0.6 is 11.3 Å². The quantitative estimate of drug-likeness (QED) is 0.205. The predicted molar refractivity (Wildman–Crippen MR) is 148 cm³/mol. The van der Waals surface area contributed by atoms with Gasteiger partial charge in [-0.3, -0.25) is 4.98 Å². The predicted octanol–water partition coefficient (Wildman–Crippen LogP) is 6.85. The van der Waals surface area contributed by atoms with E-state index >= 15 is 0 Å². The third-order valence-corrected chi connectivity index (χ3v) is 6.17. The van der Waals surface area contributed by atoms with Crippen molar-refractivity contribution in [2.45, 2.75) is 33.3 Å². The molecule has 0 unspecified atom stereocenters. The fourth-order valence-electron chi connectivity index (χ4n) is 3.66. The summed E-state index contributed by atoms with van der Waals surface area (Å²) < 4.78 is 6.22. The van der Waals surface area contributed by atoms with Crippen LogP contribution in [0.15, 0.2) is 66.2 Å². The maximum Gasteiger partial charge on any atom is 0.331 e. The van der Waals surface area contributed by atoms with Gasteiger partial charge in [0.15, 0.2) is 0 Å². The zero-order valence-electron chi connectivity index (χ0n) is 20.6. The average molecular weight is 501 g/mol. The molecule has 184 valence electrons. The van der Waals surface area contributed by atoms with Crippen molar-refractivity contribution in [1.82, 2.24) is 4.98 Å². The Labute approximate surface area is 214 Å². The first-order chi connectivity index (χ1) is 17.1. The summed E-state index contributed by atoms with van der Waals surface area (Å²) in [5.41, 5.74) is 11.3. The second-order valence-electron chi connectivity index (χ2n) is 9.35. The Morgan fingerprint density at radius 3 is 2.47 bits per heavy atom. The van der Waals surface area contributed by atoms with Crippen molar-refractivity contribution in [3.8, 4) is 11.1 Å². The summed E-state index contributed by atoms with van der Waals surface area (Å²) in [6, 6.07) is 14.8. The van der Waals surface area contributed by atoms with Crippen LogP contribution < -0.4 is 16.4 Å². The number of nitrogen functional groups attached to an aromatic ring is 1. The number of amides is 2. The molecule has 2 aromatic heterocycles. The van der Waals surface area contributed by atoms with Crippen molar-refractivity contribution in [1.29, 1.82) is 0 Å². The van der Waals surface area contributed by atoms with Crippen molar-refractivity contribution in [3.05, 3.63) is 77.4 Å². The third kappa shape index (κ3) is 6.09. The minimum absolute atomic E-state index is 0.314. The van der Waals surface area contributed by atoms with Gasteiger partial charge in [-0.25, -0.2) is 9.59 Å². The minimum Gasteiger partial charge on any atom is -0.457 e. The molecule has 4 aromatic rings. The Hall–Kier alpha value is -4.17. The molecule has 0 radical (unpaired) electrons. The first-order valence-electron chi connectivity index (χ1n) is 11.4. The molecule has 0 fully saturated rings. The summed E-state index contributed by atoms with van der Waals surface area (Å²) in [6.07, 6.45) is 4.62. The number of carbonyl (C=O) groups excluding carboxylic acids is 2. The highest BCUT2D eigenvalue weighted by atomic mass is 32.1. The van der Waals surface area contributed by atoms with Crippen LogP contribution in [0.1, 0.15) is 32.0 Å². The number of nitrogens with zero attached hydrogens (tertiary/aromatic N) is 1. The number of ether oxygens (including phenoxy) is 1. The normalized spacial score (nSPS) is 11.6. The van der Waals surface area contributed by atoms with Crippen LogP contribution in [0.2, 0.25) is 0 Å². The van der Waals surface area contributed by atoms with E-state index in [1.807, 2.05) is 81.6 Å². The van der Waals surface area contributed by atoms with E-state index in [1.54, 1.807) is 12.3 Å². The number of hydrogen-bond acceptors (Lipinski definition) is 6. The molecular formula is C28H28N4O3S. The van der Waals surface area contributed by atoms with Crippen molar-refractivity contribution in [2.24, 2.45) is 0 Å². The van der Waals surface area contributed by atoms with Gasteiger partial charge in [-0.1, -0.05) is 24.3 Å². The SMILES string of the molecule is Cc1cccc(NC(=O)Nc2ccc(-c3csc4c(C=CC(=O)OC(C)(C)C)ncc(N)c34)cc2)c1. The average Bonchev–Trinajstić information content (AvgIpc) is 3.24. The van der Waals surface area contributed by atoms with E-state index in [1.165, 1.54) is 17.4 Å². The number of anilines is 3. The lowest BCUT2D eigenvalue weighted by molar-refractivity contribution is -0.148. The molecule has 0 atom stereocenters. The van der Waals surface area contributed by atoms with Gasteiger partial charge in [0.2, 0.25) is 0 Å². The lowest BCUT2D eigenvalue weighted by atomic mass is 10.0. The Kier molecular flexibility index (Phi) is 7.07. The van der Waals surface area contributed by atoms with Gasteiger partial charge in [0.25, 0.3) is 0 Å². The van der Waals surface area contributed by atoms with E-state index in [-0.39, 0.29) is 6.03 Å². The standard InChI is InChI=1S/C28H28N4O3S/c1-17-6-5-7-20(14-17)32-27(34)31-19-10-8-18(9-11-19)21-16-36-26-23(30-15-22(29)25(21)26)12-13-24(33)35-28(2,3)4/h5-16H,29H2,1-4H3,(H2,31,32,34). The zero-order valence-corrected chi connectivity index (χ0v) is 21.4. The molecule has 36 heavy (non-hydrogen) atoms. The van der Waals surface area contributed by atoms with Gasteiger partial charge >= 0.3 is 12.0 Å². The highest BCUT2D eigenvalue weighted by molar-refractivity contribution is 7.18. The molecule has 0 aliphatic carbocycles. The maximum atomic E-state index is 12.4. The third-order valence-electron chi connectivity index (χ3n) is 5.17. The summed E-state index contributed by atoms with van der Waals surface area (Å²) in [5.74, 6) is -0.430. The monoisotopic (exact) mass is 500 g/mol. The largest absolute Gasteiger partial charge is 0.457 e. The van der Waals surface area contributed by atoms with Crippen molar-refractivity contribution in [2.75, 3.05) is 16.4 Å². The van der Waals surface area contributed by atoms with E-state index in [2.05, 4.69) is 15.6 Å². The first kappa shape index (κ1) is 24.9. The minimum atomic E-state index is -0.566. The molecule has 0 bridgehead atoms. The Balaban J connectivity index is 1.53. The van der Waals surface area contributed by atoms with Crippen LogP contribution in [0.25, 0.3) is 27.3 Å². The second kappa shape index (κ2) is 10.2. The van der Waals surface area contributed by atoms with Gasteiger partial charge in [0.1, 0.15) is 5.60 Å². The van der Waals surface area contributed by atoms with Crippen LogP contribution in [0.5, 0.6) is 0 Å². The van der Waals surface area contributed by atoms with E-state index in [0.717, 1.165) is 32.5 Å². The fourth-order valence-corrected chi connectivity index (χ4v) is 4.74. The number of benzene rings is 2. The molecule has 0 spiro atoms. The van der Waals surface area contributed by atoms with Crippen molar-refractivity contribution in [3.63, 3.8) is 0 Å². The highest BCUT2D eigenvalue weighted by Gasteiger charge is 2.16. The van der Waals surface area contributed by atoms with E-state index < -0.39 is 11.6 Å². The Morgan fingerprint density at radius 2 is 1.78 bits per heavy atom. The smallest absolute Gasteiger partial charge is 0.331 e. The number of rotatable bonds is 5. The van der Waals surface area contributed by atoms with Crippen LogP contribution in [0, 0.1) is 6.92 Å². The number of hydrogen-bond donors (Lipinski definition) is 3. The number of pyridine rings is 1. The molecule has 0 aliphatic rings. The second-order valence-corrected chi connectivity index (χ2v) is 10.2. The topological polar surface area (TPSA) is 106 Å². The van der Waals surface area contributed by atoms with Crippen LogP contribution in [0.4, 0.5) is 21.9 Å². The number of aryl methyl sites for hydroxylation is 1. The molecular weight excluding hydrogens is 472 g/mol. The number of aromatic nitrogens is 1. The molecule has 2 amide bonds. The fraction of sp³-hybridized carbons (Fsp3) is 0.179. The maximum absolute atomic E-state index is 12.4. The van der Waals surface area contributed by atoms with Crippen molar-refractivity contribution < 1.29 is 14.3 Å². The molecule has 0 saturated heterocycles. The number of carbonyl (C=O) groups is 2. The van der Waals surface area contributed by atoms with Crippen LogP contribution in [-0.4, -0.2) is 22.6 Å². The van der Waals surface area contributed by atoms with Gasteiger partial charge in [-0.2, -0.15) is 0 Å². The Bertz CT molecular complexity index is 1450. The van der Waals surface area contributed by atoms with Crippen LogP contribution in [0.3, 0.4) is 0 Å². The lowest BCUT2D eigenvalue weighted by Crippen LogP contribution is -2.22. The number of urea groups is 1. The summed E-state index contributed by atoms with van der Waals surface area (Å²) >= 11 is 1.51. The van der Waals surface area contributed by atoms with Crippen molar-refractivity contribution >= 4 is 56.6 Å². The number of thiophene rings is 1. The van der Waals surface area contributed by atoms with E-state index in [4.69, 9.17) is 10.5 Å². The number of nitrogens with two attached hydrogens (primary N) is 1. The van der Waals surface area contributed by atoms with E-state index in [0.29, 0.717) is 17.1 Å². The molecule has 2 heterocycles. The van der Waals surface area contributed by atoms with Crippen LogP contribution in [-0.2, 0) is 9.53 Å². The van der Waals surface area contributed by atoms with E-state index in [9.17, 15) is 9.59 Å². The summed E-state index contributed by atoms with van der Waals surface area (Å²) in [6.45, 7) is 7.43. The van der Waals surface area contributed by atoms with Gasteiger partial charge in [0.05, 0.1) is 22.3 Å². The number of esters is 1. The molecule has 4 rings (SSSR count). The molecule has 2 aromatic carbocycles. The van der Waals surface area contributed by atoms with Gasteiger partial charge in [-0.05, 0) is 74.5 Å². The molecule has 4 N–H and O–H groups in total. The molecule has 8 heteroatoms. The zero-order chi connectivity index (χ0) is 25.9. The molecule has 0 saturated carbocycles. The summed E-state index contributed by atoms with van der Waals surface area (Å²) in [5, 5.41) is 8.57. The number of nitrogens with one attached hydrogen (secondary N) is 2. The lowest BCUT2D eigenvalue weighted by Gasteiger charge is -2.17. The highest BCUT2D eigenvalue weighted by Crippen LogP contribution is 2.39. The first-order valence-corrected chi connectivity index (χ1v) is 12.3. The van der Waals surface area contributed by atoms with Gasteiger partial charge in [-0.15, -0.1) is 11.3 Å².